The number of nitrogens with one attached hydrogen (secondary N) is 1. The third-order valence-electron chi connectivity index (χ3n) is 4.46. The van der Waals surface area contributed by atoms with Gasteiger partial charge in [0.1, 0.15) is 0 Å². The van der Waals surface area contributed by atoms with Crippen molar-refractivity contribution in [1.29, 1.82) is 0 Å². The van der Waals surface area contributed by atoms with Crippen LogP contribution < -0.4 is 5.32 Å². The first-order chi connectivity index (χ1) is 9.12. The van der Waals surface area contributed by atoms with Crippen molar-refractivity contribution >= 4 is 11.6 Å². The molecule has 0 amide bonds. The van der Waals surface area contributed by atoms with E-state index >= 15 is 0 Å². The standard InChI is InChI=1S/C15H26ClN3/c1-4-19-13(14(16)12(2)18-19)10-15(11-17-3)8-6-5-7-9-15/h17H,4-11H2,1-3H3. The van der Waals surface area contributed by atoms with E-state index < -0.39 is 0 Å². The highest BCUT2D eigenvalue weighted by molar-refractivity contribution is 6.31. The van der Waals surface area contributed by atoms with E-state index in [2.05, 4.69) is 29.1 Å². The van der Waals surface area contributed by atoms with Crippen molar-refractivity contribution in [3.8, 4) is 0 Å². The molecule has 108 valence electrons. The lowest BCUT2D eigenvalue weighted by atomic mass is 9.71. The van der Waals surface area contributed by atoms with Gasteiger partial charge >= 0.3 is 0 Å². The molecule has 4 heteroatoms. The van der Waals surface area contributed by atoms with Gasteiger partial charge in [0.15, 0.2) is 0 Å². The lowest BCUT2D eigenvalue weighted by Gasteiger charge is -2.37. The number of halogens is 1. The van der Waals surface area contributed by atoms with E-state index in [1.54, 1.807) is 0 Å². The van der Waals surface area contributed by atoms with Gasteiger partial charge in [-0.25, -0.2) is 0 Å². The summed E-state index contributed by atoms with van der Waals surface area (Å²) in [7, 11) is 2.06. The first kappa shape index (κ1) is 14.9. The van der Waals surface area contributed by atoms with Gasteiger partial charge in [0, 0.05) is 13.1 Å². The molecule has 2 rings (SSSR count). The summed E-state index contributed by atoms with van der Waals surface area (Å²) in [6.45, 7) is 6.12. The lowest BCUT2D eigenvalue weighted by Crippen LogP contribution is -2.37. The molecule has 1 aliphatic rings. The number of rotatable bonds is 5. The average molecular weight is 284 g/mol. The Kier molecular flexibility index (Phi) is 4.91. The zero-order valence-electron chi connectivity index (χ0n) is 12.4. The summed E-state index contributed by atoms with van der Waals surface area (Å²) in [6.07, 6.45) is 7.74. The first-order valence-electron chi connectivity index (χ1n) is 7.48. The molecule has 3 nitrogen and oxygen atoms in total. The van der Waals surface area contributed by atoms with E-state index in [-0.39, 0.29) is 0 Å². The van der Waals surface area contributed by atoms with E-state index in [0.29, 0.717) is 5.41 Å². The maximum Gasteiger partial charge on any atom is 0.0847 e. The van der Waals surface area contributed by atoms with Gasteiger partial charge in [-0.3, -0.25) is 4.68 Å². The van der Waals surface area contributed by atoms with Crippen LogP contribution in [0.5, 0.6) is 0 Å². The third-order valence-corrected chi connectivity index (χ3v) is 4.95. The van der Waals surface area contributed by atoms with Gasteiger partial charge < -0.3 is 5.32 Å². The van der Waals surface area contributed by atoms with Gasteiger partial charge in [0.05, 0.1) is 16.4 Å². The molecule has 1 saturated carbocycles. The van der Waals surface area contributed by atoms with Crippen LogP contribution in [0.4, 0.5) is 0 Å². The second kappa shape index (κ2) is 6.27. The molecule has 1 aliphatic carbocycles. The molecule has 1 heterocycles. The number of aryl methyl sites for hydroxylation is 2. The minimum Gasteiger partial charge on any atom is -0.319 e. The molecule has 1 aromatic rings. The lowest BCUT2D eigenvalue weighted by molar-refractivity contribution is 0.181. The zero-order valence-corrected chi connectivity index (χ0v) is 13.2. The van der Waals surface area contributed by atoms with Crippen molar-refractivity contribution in [2.45, 2.75) is 58.9 Å². The van der Waals surface area contributed by atoms with Gasteiger partial charge in [-0.2, -0.15) is 5.10 Å². The van der Waals surface area contributed by atoms with Crippen LogP contribution in [0, 0.1) is 12.3 Å². The summed E-state index contributed by atoms with van der Waals surface area (Å²) in [5, 5.41) is 8.82. The first-order valence-corrected chi connectivity index (χ1v) is 7.86. The second-order valence-electron chi connectivity index (χ2n) is 5.93. The predicted octanol–water partition coefficient (Wildman–Crippen LogP) is 3.58. The zero-order chi connectivity index (χ0) is 13.9. The van der Waals surface area contributed by atoms with Crippen molar-refractivity contribution in [2.75, 3.05) is 13.6 Å². The fourth-order valence-corrected chi connectivity index (χ4v) is 3.69. The monoisotopic (exact) mass is 283 g/mol. The van der Waals surface area contributed by atoms with Gasteiger partial charge in [-0.1, -0.05) is 30.9 Å². The van der Waals surface area contributed by atoms with Crippen LogP contribution in [-0.4, -0.2) is 23.4 Å². The highest BCUT2D eigenvalue weighted by Gasteiger charge is 2.33. The number of hydrogen-bond donors (Lipinski definition) is 1. The fourth-order valence-electron chi connectivity index (χ4n) is 3.49. The Balaban J connectivity index is 2.26. The molecule has 1 fully saturated rings. The predicted molar refractivity (Wildman–Crippen MR) is 80.8 cm³/mol. The highest BCUT2D eigenvalue weighted by Crippen LogP contribution is 2.40. The summed E-state index contributed by atoms with van der Waals surface area (Å²) in [5.41, 5.74) is 2.57. The van der Waals surface area contributed by atoms with Gasteiger partial charge in [-0.05, 0) is 45.6 Å². The topological polar surface area (TPSA) is 29.9 Å². The molecule has 0 radical (unpaired) electrons. The Morgan fingerprint density at radius 2 is 2.00 bits per heavy atom. The maximum atomic E-state index is 6.47. The Bertz CT molecular complexity index is 414. The van der Waals surface area contributed by atoms with E-state index in [1.165, 1.54) is 37.8 Å². The minimum atomic E-state index is 0.371. The Morgan fingerprint density at radius 3 is 2.58 bits per heavy atom. The molecule has 0 spiro atoms. The van der Waals surface area contributed by atoms with Gasteiger partial charge in [0.2, 0.25) is 0 Å². The Labute approximate surface area is 121 Å². The highest BCUT2D eigenvalue weighted by atomic mass is 35.5. The van der Waals surface area contributed by atoms with E-state index in [0.717, 1.165) is 30.2 Å². The van der Waals surface area contributed by atoms with Crippen LogP contribution in [0.25, 0.3) is 0 Å². The summed E-state index contributed by atoms with van der Waals surface area (Å²) in [4.78, 5) is 0. The summed E-state index contributed by atoms with van der Waals surface area (Å²) in [5.74, 6) is 0. The fraction of sp³-hybridized carbons (Fsp3) is 0.800. The van der Waals surface area contributed by atoms with Gasteiger partial charge in [0.25, 0.3) is 0 Å². The Hall–Kier alpha value is -0.540. The van der Waals surface area contributed by atoms with Crippen molar-refractivity contribution < 1.29 is 0 Å². The van der Waals surface area contributed by atoms with Crippen molar-refractivity contribution in [3.63, 3.8) is 0 Å². The minimum absolute atomic E-state index is 0.371. The van der Waals surface area contributed by atoms with E-state index in [9.17, 15) is 0 Å². The molecule has 0 aliphatic heterocycles. The molecular formula is C15H26ClN3. The number of hydrogen-bond acceptors (Lipinski definition) is 2. The van der Waals surface area contributed by atoms with Crippen LogP contribution in [0.1, 0.15) is 50.4 Å². The number of aromatic nitrogens is 2. The van der Waals surface area contributed by atoms with Crippen LogP contribution >= 0.6 is 11.6 Å². The van der Waals surface area contributed by atoms with Crippen molar-refractivity contribution in [3.05, 3.63) is 16.4 Å². The van der Waals surface area contributed by atoms with Crippen LogP contribution in [-0.2, 0) is 13.0 Å². The van der Waals surface area contributed by atoms with E-state index in [1.807, 2.05) is 6.92 Å². The smallest absolute Gasteiger partial charge is 0.0847 e. The molecule has 0 saturated heterocycles. The second-order valence-corrected chi connectivity index (χ2v) is 6.31. The molecule has 1 aromatic heterocycles. The summed E-state index contributed by atoms with van der Waals surface area (Å²) >= 11 is 6.47. The third kappa shape index (κ3) is 3.14. The Morgan fingerprint density at radius 1 is 1.32 bits per heavy atom. The molecule has 0 unspecified atom stereocenters. The van der Waals surface area contributed by atoms with Crippen molar-refractivity contribution in [1.82, 2.24) is 15.1 Å². The van der Waals surface area contributed by atoms with Crippen LogP contribution in [0.15, 0.2) is 0 Å². The normalized spacial score (nSPS) is 18.7. The molecule has 0 bridgehead atoms. The SMILES string of the molecule is CCn1nc(C)c(Cl)c1CC1(CNC)CCCCC1. The average Bonchev–Trinajstić information content (AvgIpc) is 2.68. The number of nitrogens with zero attached hydrogens (tertiary/aromatic N) is 2. The summed E-state index contributed by atoms with van der Waals surface area (Å²) in [6, 6.07) is 0. The van der Waals surface area contributed by atoms with Gasteiger partial charge in [-0.15, -0.1) is 0 Å². The van der Waals surface area contributed by atoms with Crippen molar-refractivity contribution in [2.24, 2.45) is 5.41 Å². The maximum absolute atomic E-state index is 6.47. The molecule has 0 atom stereocenters. The summed E-state index contributed by atoms with van der Waals surface area (Å²) < 4.78 is 2.09. The van der Waals surface area contributed by atoms with Crippen LogP contribution in [0.3, 0.4) is 0 Å². The molecular weight excluding hydrogens is 258 g/mol. The quantitative estimate of drug-likeness (QED) is 0.895. The molecule has 0 aromatic carbocycles. The largest absolute Gasteiger partial charge is 0.319 e. The molecule has 1 N–H and O–H groups in total. The molecule has 19 heavy (non-hydrogen) atoms. The van der Waals surface area contributed by atoms with E-state index in [4.69, 9.17) is 11.6 Å². The van der Waals surface area contributed by atoms with Crippen LogP contribution in [0.2, 0.25) is 5.02 Å².